The molecule has 1 unspecified atom stereocenters. The van der Waals surface area contributed by atoms with Crippen molar-refractivity contribution in [3.8, 4) is 11.5 Å². The standard InChI is InChI=1S/C19H20N2O2/c1-22-16-9-5-7-14(19(16)23-2)17-18-13(10-11-20-17)12-6-3-4-8-15(12)21-18/h3-9,17,20-21H,10-11H2,1-2H3. The van der Waals surface area contributed by atoms with Gasteiger partial charge in [0.05, 0.1) is 20.3 Å². The zero-order valence-electron chi connectivity index (χ0n) is 13.3. The summed E-state index contributed by atoms with van der Waals surface area (Å²) in [6.45, 7) is 0.944. The fourth-order valence-corrected chi connectivity index (χ4v) is 3.58. The van der Waals surface area contributed by atoms with E-state index >= 15 is 0 Å². The highest BCUT2D eigenvalue weighted by Gasteiger charge is 2.28. The lowest BCUT2D eigenvalue weighted by Crippen LogP contribution is -2.30. The van der Waals surface area contributed by atoms with Crippen molar-refractivity contribution < 1.29 is 9.47 Å². The molecule has 0 bridgehead atoms. The van der Waals surface area contributed by atoms with Crippen LogP contribution in [0.2, 0.25) is 0 Å². The Morgan fingerprint density at radius 1 is 1.00 bits per heavy atom. The maximum atomic E-state index is 5.63. The van der Waals surface area contributed by atoms with Crippen molar-refractivity contribution in [1.29, 1.82) is 0 Å². The van der Waals surface area contributed by atoms with Gasteiger partial charge in [0.2, 0.25) is 0 Å². The van der Waals surface area contributed by atoms with Crippen LogP contribution in [0.3, 0.4) is 0 Å². The number of methoxy groups -OCH3 is 2. The highest BCUT2D eigenvalue weighted by atomic mass is 16.5. The first-order chi connectivity index (χ1) is 11.3. The van der Waals surface area contributed by atoms with Crippen molar-refractivity contribution in [2.45, 2.75) is 12.5 Å². The second kappa shape index (κ2) is 5.63. The molecule has 0 fully saturated rings. The van der Waals surface area contributed by atoms with Gasteiger partial charge in [-0.2, -0.15) is 0 Å². The second-order valence-electron chi connectivity index (χ2n) is 5.78. The van der Waals surface area contributed by atoms with E-state index in [4.69, 9.17) is 9.47 Å². The quantitative estimate of drug-likeness (QED) is 0.779. The van der Waals surface area contributed by atoms with E-state index < -0.39 is 0 Å². The molecule has 2 N–H and O–H groups in total. The van der Waals surface area contributed by atoms with Crippen molar-refractivity contribution in [1.82, 2.24) is 10.3 Å². The van der Waals surface area contributed by atoms with Gasteiger partial charge in [-0.1, -0.05) is 30.3 Å². The first-order valence-corrected chi connectivity index (χ1v) is 7.87. The van der Waals surface area contributed by atoms with Gasteiger partial charge in [-0.05, 0) is 24.1 Å². The van der Waals surface area contributed by atoms with Crippen LogP contribution in [-0.2, 0) is 6.42 Å². The van der Waals surface area contributed by atoms with Crippen LogP contribution in [0.15, 0.2) is 42.5 Å². The smallest absolute Gasteiger partial charge is 0.165 e. The molecule has 2 heterocycles. The number of benzene rings is 2. The summed E-state index contributed by atoms with van der Waals surface area (Å²) < 4.78 is 11.1. The number of H-pyrrole nitrogens is 1. The molecule has 1 aliphatic heterocycles. The number of hydrogen-bond acceptors (Lipinski definition) is 3. The molecule has 1 aromatic heterocycles. The molecule has 3 aromatic rings. The number of fused-ring (bicyclic) bond motifs is 3. The fraction of sp³-hybridized carbons (Fsp3) is 0.263. The normalized spacial score (nSPS) is 17.0. The van der Waals surface area contributed by atoms with E-state index in [9.17, 15) is 0 Å². The number of ether oxygens (including phenoxy) is 2. The number of hydrogen-bond donors (Lipinski definition) is 2. The highest BCUT2D eigenvalue weighted by molar-refractivity contribution is 5.85. The third kappa shape index (κ3) is 2.18. The Balaban J connectivity index is 1.90. The molecule has 4 rings (SSSR count). The number of rotatable bonds is 3. The monoisotopic (exact) mass is 308 g/mol. The molecule has 4 heteroatoms. The van der Waals surface area contributed by atoms with Gasteiger partial charge in [-0.15, -0.1) is 0 Å². The molecule has 0 radical (unpaired) electrons. The summed E-state index contributed by atoms with van der Waals surface area (Å²) in [5.41, 5.74) is 4.91. The van der Waals surface area contributed by atoms with Gasteiger partial charge in [-0.3, -0.25) is 0 Å². The number of aromatic amines is 1. The van der Waals surface area contributed by atoms with Gasteiger partial charge in [0.1, 0.15) is 0 Å². The molecule has 0 spiro atoms. The topological polar surface area (TPSA) is 46.3 Å². The van der Waals surface area contributed by atoms with Gasteiger partial charge >= 0.3 is 0 Å². The largest absolute Gasteiger partial charge is 0.493 e. The van der Waals surface area contributed by atoms with Gasteiger partial charge < -0.3 is 19.8 Å². The van der Waals surface area contributed by atoms with Crippen molar-refractivity contribution in [3.05, 3.63) is 59.3 Å². The van der Waals surface area contributed by atoms with E-state index in [1.807, 2.05) is 12.1 Å². The summed E-state index contributed by atoms with van der Waals surface area (Å²) >= 11 is 0. The average molecular weight is 308 g/mol. The zero-order valence-corrected chi connectivity index (χ0v) is 13.3. The summed E-state index contributed by atoms with van der Waals surface area (Å²) in [5, 5.41) is 4.93. The van der Waals surface area contributed by atoms with Crippen LogP contribution in [0.5, 0.6) is 11.5 Å². The van der Waals surface area contributed by atoms with E-state index in [0.29, 0.717) is 0 Å². The summed E-state index contributed by atoms with van der Waals surface area (Å²) in [6.07, 6.45) is 1.03. The van der Waals surface area contributed by atoms with Crippen molar-refractivity contribution in [3.63, 3.8) is 0 Å². The van der Waals surface area contributed by atoms with Crippen molar-refractivity contribution >= 4 is 10.9 Å². The minimum absolute atomic E-state index is 0.0798. The predicted molar refractivity (Wildman–Crippen MR) is 91.4 cm³/mol. The molecule has 0 saturated carbocycles. The van der Waals surface area contributed by atoms with Gasteiger partial charge in [0.15, 0.2) is 11.5 Å². The van der Waals surface area contributed by atoms with Gasteiger partial charge in [0.25, 0.3) is 0 Å². The molecule has 0 saturated heterocycles. The Morgan fingerprint density at radius 2 is 1.87 bits per heavy atom. The molecular formula is C19H20N2O2. The fourth-order valence-electron chi connectivity index (χ4n) is 3.58. The van der Waals surface area contributed by atoms with E-state index in [1.165, 1.54) is 22.2 Å². The molecule has 118 valence electrons. The van der Waals surface area contributed by atoms with Crippen LogP contribution in [0.25, 0.3) is 10.9 Å². The Kier molecular flexibility index (Phi) is 3.46. The van der Waals surface area contributed by atoms with E-state index in [1.54, 1.807) is 14.2 Å². The number of nitrogens with one attached hydrogen (secondary N) is 2. The highest BCUT2D eigenvalue weighted by Crippen LogP contribution is 2.40. The maximum Gasteiger partial charge on any atom is 0.165 e. The van der Waals surface area contributed by atoms with Gasteiger partial charge in [0, 0.05) is 28.7 Å². The first kappa shape index (κ1) is 14.2. The first-order valence-electron chi connectivity index (χ1n) is 7.87. The molecule has 1 aliphatic rings. The summed E-state index contributed by atoms with van der Waals surface area (Å²) in [7, 11) is 3.36. The van der Waals surface area contributed by atoms with Crippen LogP contribution in [-0.4, -0.2) is 25.7 Å². The number of aromatic nitrogens is 1. The summed E-state index contributed by atoms with van der Waals surface area (Å²) in [4.78, 5) is 3.59. The lowest BCUT2D eigenvalue weighted by atomic mass is 9.93. The minimum atomic E-state index is 0.0798. The van der Waals surface area contributed by atoms with Gasteiger partial charge in [-0.25, -0.2) is 0 Å². The van der Waals surface area contributed by atoms with Crippen molar-refractivity contribution in [2.24, 2.45) is 0 Å². The average Bonchev–Trinajstić information content (AvgIpc) is 2.99. The third-order valence-electron chi connectivity index (χ3n) is 4.60. The van der Waals surface area contributed by atoms with Crippen LogP contribution >= 0.6 is 0 Å². The van der Waals surface area contributed by atoms with E-state index in [2.05, 4.69) is 40.6 Å². The summed E-state index contributed by atoms with van der Waals surface area (Å²) in [5.74, 6) is 1.55. The Bertz CT molecular complexity index is 854. The molecule has 0 aliphatic carbocycles. The second-order valence-corrected chi connectivity index (χ2v) is 5.78. The van der Waals surface area contributed by atoms with Crippen LogP contribution < -0.4 is 14.8 Å². The molecule has 23 heavy (non-hydrogen) atoms. The Labute approximate surface area is 135 Å². The Morgan fingerprint density at radius 3 is 2.70 bits per heavy atom. The van der Waals surface area contributed by atoms with E-state index in [-0.39, 0.29) is 6.04 Å². The zero-order chi connectivity index (χ0) is 15.8. The van der Waals surface area contributed by atoms with Crippen LogP contribution in [0.1, 0.15) is 22.9 Å². The summed E-state index contributed by atoms with van der Waals surface area (Å²) in [6, 6.07) is 14.6. The molecule has 0 amide bonds. The SMILES string of the molecule is COc1cccc(C2NCCc3c2[nH]c2ccccc32)c1OC. The van der Waals surface area contributed by atoms with Crippen LogP contribution in [0.4, 0.5) is 0 Å². The van der Waals surface area contributed by atoms with E-state index in [0.717, 1.165) is 30.0 Å². The lowest BCUT2D eigenvalue weighted by Gasteiger charge is -2.26. The van der Waals surface area contributed by atoms with Crippen LogP contribution in [0, 0.1) is 0 Å². The molecule has 2 aromatic carbocycles. The predicted octanol–water partition coefficient (Wildman–Crippen LogP) is 3.42. The third-order valence-corrected chi connectivity index (χ3v) is 4.60. The lowest BCUT2D eigenvalue weighted by molar-refractivity contribution is 0.348. The molecule has 4 nitrogen and oxygen atoms in total. The molecule has 1 atom stereocenters. The minimum Gasteiger partial charge on any atom is -0.493 e. The Hall–Kier alpha value is -2.46. The molecular weight excluding hydrogens is 288 g/mol. The van der Waals surface area contributed by atoms with Crippen molar-refractivity contribution in [2.75, 3.05) is 20.8 Å². The maximum absolute atomic E-state index is 5.63. The number of para-hydroxylation sites is 2.